The second kappa shape index (κ2) is 11.1. The summed E-state index contributed by atoms with van der Waals surface area (Å²) in [5, 5.41) is 0. The second-order valence-electron chi connectivity index (χ2n) is 8.41. The Hall–Kier alpha value is -3.53. The lowest BCUT2D eigenvalue weighted by molar-refractivity contribution is -0.132. The Morgan fingerprint density at radius 1 is 1.18 bits per heavy atom. The van der Waals surface area contributed by atoms with Gasteiger partial charge in [0.2, 0.25) is 5.91 Å². The molecule has 1 aliphatic heterocycles. The molecule has 34 heavy (non-hydrogen) atoms. The predicted octanol–water partition coefficient (Wildman–Crippen LogP) is 1.85. The van der Waals surface area contributed by atoms with E-state index in [0.717, 1.165) is 11.0 Å². The second-order valence-corrected chi connectivity index (χ2v) is 8.41. The van der Waals surface area contributed by atoms with Gasteiger partial charge in [-0.1, -0.05) is 12.1 Å². The summed E-state index contributed by atoms with van der Waals surface area (Å²) in [7, 11) is 1.62. The lowest BCUT2D eigenvalue weighted by Crippen LogP contribution is -2.42. The smallest absolute Gasteiger partial charge is 0.326 e. The van der Waals surface area contributed by atoms with Crippen molar-refractivity contribution in [3.05, 3.63) is 59.0 Å². The van der Waals surface area contributed by atoms with Crippen LogP contribution in [0.25, 0.3) is 11.0 Å². The van der Waals surface area contributed by atoms with Crippen LogP contribution in [0.3, 0.4) is 0 Å². The van der Waals surface area contributed by atoms with Crippen LogP contribution in [-0.4, -0.2) is 81.0 Å². The summed E-state index contributed by atoms with van der Waals surface area (Å²) in [5.74, 6) is -0.233. The van der Waals surface area contributed by atoms with Gasteiger partial charge in [0.05, 0.1) is 17.2 Å². The Bertz CT molecular complexity index is 1170. The minimum Gasteiger partial charge on any atom is -0.385 e. The number of amides is 2. The molecule has 0 atom stereocenters. The zero-order chi connectivity index (χ0) is 23.9. The summed E-state index contributed by atoms with van der Waals surface area (Å²) in [4.78, 5) is 52.7. The molecule has 0 unspecified atom stereocenters. The molecule has 1 aliphatic rings. The summed E-state index contributed by atoms with van der Waals surface area (Å²) < 4.78 is 6.92. The van der Waals surface area contributed by atoms with Crippen molar-refractivity contribution in [2.75, 3.05) is 39.9 Å². The number of aromatic amines is 1. The van der Waals surface area contributed by atoms with Crippen LogP contribution in [-0.2, 0) is 9.53 Å². The van der Waals surface area contributed by atoms with Gasteiger partial charge in [-0.15, -0.1) is 0 Å². The fourth-order valence-electron chi connectivity index (χ4n) is 4.49. The Morgan fingerprint density at radius 3 is 2.71 bits per heavy atom. The molecule has 1 N–H and O–H groups in total. The summed E-state index contributed by atoms with van der Waals surface area (Å²) in [6.45, 7) is 2.47. The van der Waals surface area contributed by atoms with Gasteiger partial charge in [0.25, 0.3) is 5.91 Å². The first-order chi connectivity index (χ1) is 16.6. The number of carbonyl (C=O) groups is 2. The number of methoxy groups -OCH3 is 1. The largest absolute Gasteiger partial charge is 0.385 e. The predicted molar refractivity (Wildman–Crippen MR) is 126 cm³/mol. The monoisotopic (exact) mass is 466 g/mol. The fraction of sp³-hybridized carbons (Fsp3) is 0.458. The van der Waals surface area contributed by atoms with Crippen LogP contribution < -0.4 is 5.69 Å². The van der Waals surface area contributed by atoms with Gasteiger partial charge in [-0.05, 0) is 31.4 Å². The normalized spacial score (nSPS) is 14.4. The molecule has 1 saturated heterocycles. The van der Waals surface area contributed by atoms with Crippen molar-refractivity contribution in [1.29, 1.82) is 0 Å². The Labute approximate surface area is 197 Å². The fourth-order valence-corrected chi connectivity index (χ4v) is 4.49. The van der Waals surface area contributed by atoms with Crippen molar-refractivity contribution in [2.45, 2.75) is 31.7 Å². The number of hydrogen-bond acceptors (Lipinski definition) is 6. The number of H-pyrrole nitrogens is 1. The van der Waals surface area contributed by atoms with E-state index in [9.17, 15) is 14.4 Å². The summed E-state index contributed by atoms with van der Waals surface area (Å²) in [5.41, 5.74) is 1.87. The number of rotatable bonds is 9. The number of piperidine rings is 1. The van der Waals surface area contributed by atoms with E-state index in [0.29, 0.717) is 52.0 Å². The van der Waals surface area contributed by atoms with Gasteiger partial charge in [-0.2, -0.15) is 0 Å². The van der Waals surface area contributed by atoms with E-state index in [2.05, 4.69) is 15.0 Å². The number of fused-ring (bicyclic) bond motifs is 1. The van der Waals surface area contributed by atoms with Gasteiger partial charge < -0.3 is 19.5 Å². The average molecular weight is 467 g/mol. The maximum absolute atomic E-state index is 12.9. The van der Waals surface area contributed by atoms with Gasteiger partial charge >= 0.3 is 5.69 Å². The first-order valence-electron chi connectivity index (χ1n) is 11.6. The maximum atomic E-state index is 12.9. The molecule has 1 aromatic carbocycles. The van der Waals surface area contributed by atoms with Gasteiger partial charge in [0.15, 0.2) is 0 Å². The number of carbonyl (C=O) groups excluding carboxylic acids is 2. The molecule has 3 heterocycles. The van der Waals surface area contributed by atoms with E-state index in [4.69, 9.17) is 4.74 Å². The van der Waals surface area contributed by atoms with Crippen molar-refractivity contribution < 1.29 is 14.3 Å². The molecular formula is C24H30N6O4. The van der Waals surface area contributed by atoms with Crippen molar-refractivity contribution >= 4 is 22.8 Å². The minimum atomic E-state index is -0.241. The molecule has 180 valence electrons. The highest BCUT2D eigenvalue weighted by atomic mass is 16.5. The number of ether oxygens (including phenoxy) is 1. The topological polar surface area (TPSA) is 113 Å². The molecule has 4 rings (SSSR count). The van der Waals surface area contributed by atoms with E-state index in [1.807, 2.05) is 33.7 Å². The zero-order valence-corrected chi connectivity index (χ0v) is 19.4. The van der Waals surface area contributed by atoms with Crippen molar-refractivity contribution in [1.82, 2.24) is 29.3 Å². The first kappa shape index (κ1) is 23.6. The number of nitrogens with zero attached hydrogens (tertiary/aromatic N) is 5. The van der Waals surface area contributed by atoms with Crippen LogP contribution in [0.15, 0.2) is 47.7 Å². The van der Waals surface area contributed by atoms with Crippen LogP contribution in [0.2, 0.25) is 0 Å². The summed E-state index contributed by atoms with van der Waals surface area (Å²) in [6.07, 6.45) is 6.76. The molecule has 10 heteroatoms. The van der Waals surface area contributed by atoms with E-state index >= 15 is 0 Å². The van der Waals surface area contributed by atoms with Crippen LogP contribution in [0, 0.1) is 0 Å². The molecular weight excluding hydrogens is 436 g/mol. The van der Waals surface area contributed by atoms with Crippen molar-refractivity contribution in [3.8, 4) is 0 Å². The van der Waals surface area contributed by atoms with Crippen LogP contribution >= 0.6 is 0 Å². The van der Waals surface area contributed by atoms with E-state index < -0.39 is 0 Å². The number of nitrogens with one attached hydrogen (secondary N) is 1. The van der Waals surface area contributed by atoms with Crippen molar-refractivity contribution in [3.63, 3.8) is 0 Å². The van der Waals surface area contributed by atoms with E-state index in [1.165, 1.54) is 18.6 Å². The van der Waals surface area contributed by atoms with Gasteiger partial charge in [0.1, 0.15) is 5.69 Å². The SMILES string of the molecule is COCCCN(CCC(=O)N1CCC(n2c(=O)[nH]c3ccccc32)CC1)C(=O)c1cnccn1. The molecule has 10 nitrogen and oxygen atoms in total. The van der Waals surface area contributed by atoms with Gasteiger partial charge in [0, 0.05) is 64.8 Å². The molecule has 2 amide bonds. The molecule has 3 aromatic rings. The quantitative estimate of drug-likeness (QED) is 0.482. The molecule has 0 bridgehead atoms. The summed E-state index contributed by atoms with van der Waals surface area (Å²) >= 11 is 0. The van der Waals surface area contributed by atoms with Crippen LogP contribution in [0.4, 0.5) is 0 Å². The Kier molecular flexibility index (Phi) is 7.69. The molecule has 0 saturated carbocycles. The molecule has 0 radical (unpaired) electrons. The standard InChI is InChI=1S/C24H30N6O4/c1-34-16-4-12-29(23(32)20-17-25-10-11-26-20)15-9-22(31)28-13-7-18(8-14-28)30-21-6-3-2-5-19(21)27-24(30)33/h2-3,5-6,10-11,17-18H,4,7-9,12-16H2,1H3,(H,27,33). The molecule has 1 fully saturated rings. The average Bonchev–Trinajstić information content (AvgIpc) is 3.21. The number of imidazole rings is 1. The van der Waals surface area contributed by atoms with E-state index in [1.54, 1.807) is 12.0 Å². The number of aromatic nitrogens is 4. The third kappa shape index (κ3) is 5.33. The maximum Gasteiger partial charge on any atom is 0.326 e. The number of benzene rings is 1. The molecule has 0 aliphatic carbocycles. The van der Waals surface area contributed by atoms with Gasteiger partial charge in [-0.3, -0.25) is 19.1 Å². The highest BCUT2D eigenvalue weighted by Crippen LogP contribution is 2.25. The minimum absolute atomic E-state index is 0.00779. The lowest BCUT2D eigenvalue weighted by Gasteiger charge is -2.33. The van der Waals surface area contributed by atoms with E-state index in [-0.39, 0.29) is 35.7 Å². The van der Waals surface area contributed by atoms with Crippen LogP contribution in [0.1, 0.15) is 42.2 Å². The third-order valence-electron chi connectivity index (χ3n) is 6.25. The summed E-state index contributed by atoms with van der Waals surface area (Å²) in [6, 6.07) is 7.71. The molecule has 0 spiro atoms. The van der Waals surface area contributed by atoms with Crippen molar-refractivity contribution in [2.24, 2.45) is 0 Å². The highest BCUT2D eigenvalue weighted by Gasteiger charge is 2.27. The highest BCUT2D eigenvalue weighted by molar-refractivity contribution is 5.92. The van der Waals surface area contributed by atoms with Crippen LogP contribution in [0.5, 0.6) is 0 Å². The number of para-hydroxylation sites is 2. The first-order valence-corrected chi connectivity index (χ1v) is 11.6. The number of hydrogen-bond donors (Lipinski definition) is 1. The van der Waals surface area contributed by atoms with Gasteiger partial charge in [-0.25, -0.2) is 9.78 Å². The third-order valence-corrected chi connectivity index (χ3v) is 6.25. The lowest BCUT2D eigenvalue weighted by atomic mass is 10.0. The Balaban J connectivity index is 1.34. The zero-order valence-electron chi connectivity index (χ0n) is 19.4. The number of likely N-dealkylation sites (tertiary alicyclic amines) is 1. The molecule has 2 aromatic heterocycles. The Morgan fingerprint density at radius 2 is 1.97 bits per heavy atom.